The summed E-state index contributed by atoms with van der Waals surface area (Å²) in [4.78, 5) is 22.3. The molecule has 0 heterocycles. The first kappa shape index (κ1) is 16.9. The predicted molar refractivity (Wildman–Crippen MR) is 67.9 cm³/mol. The molecule has 18 heavy (non-hydrogen) atoms. The second kappa shape index (κ2) is 7.33. The number of aliphatic hydroxyl groups is 1. The van der Waals surface area contributed by atoms with Gasteiger partial charge in [-0.1, -0.05) is 13.8 Å². The van der Waals surface area contributed by atoms with Gasteiger partial charge >= 0.3 is 5.97 Å². The average Bonchev–Trinajstić information content (AvgIpc) is 2.20. The molecule has 0 aromatic carbocycles. The highest BCUT2D eigenvalue weighted by atomic mass is 16.4. The van der Waals surface area contributed by atoms with Gasteiger partial charge < -0.3 is 21.3 Å². The van der Waals surface area contributed by atoms with Gasteiger partial charge in [0.15, 0.2) is 0 Å². The third-order valence-electron chi connectivity index (χ3n) is 2.59. The molecule has 0 fully saturated rings. The molecule has 5 N–H and O–H groups in total. The minimum Gasteiger partial charge on any atom is -0.481 e. The predicted octanol–water partition coefficient (Wildman–Crippen LogP) is -0.0507. The fourth-order valence-electron chi connectivity index (χ4n) is 1.69. The molecule has 0 aliphatic carbocycles. The molecular weight excluding hydrogens is 236 g/mol. The lowest BCUT2D eigenvalue weighted by molar-refractivity contribution is -0.142. The van der Waals surface area contributed by atoms with Crippen LogP contribution in [-0.2, 0) is 9.59 Å². The third kappa shape index (κ3) is 7.24. The number of nitrogens with one attached hydrogen (secondary N) is 1. The Morgan fingerprint density at radius 2 is 1.94 bits per heavy atom. The first-order chi connectivity index (χ1) is 8.18. The van der Waals surface area contributed by atoms with Crippen molar-refractivity contribution >= 4 is 11.9 Å². The largest absolute Gasteiger partial charge is 0.481 e. The van der Waals surface area contributed by atoms with Gasteiger partial charge in [-0.3, -0.25) is 9.59 Å². The van der Waals surface area contributed by atoms with E-state index in [0.29, 0.717) is 12.3 Å². The molecule has 2 unspecified atom stereocenters. The fraction of sp³-hybridized carbons (Fsp3) is 0.833. The van der Waals surface area contributed by atoms with Crippen LogP contribution in [0.3, 0.4) is 0 Å². The molecule has 0 aliphatic heterocycles. The van der Waals surface area contributed by atoms with E-state index in [2.05, 4.69) is 5.32 Å². The smallest absolute Gasteiger partial charge is 0.306 e. The van der Waals surface area contributed by atoms with Crippen LogP contribution < -0.4 is 11.1 Å². The number of carbonyl (C=O) groups is 2. The van der Waals surface area contributed by atoms with Crippen molar-refractivity contribution in [1.82, 2.24) is 5.32 Å². The fourth-order valence-corrected chi connectivity index (χ4v) is 1.69. The van der Waals surface area contributed by atoms with Gasteiger partial charge in [0, 0.05) is 13.1 Å². The zero-order chi connectivity index (χ0) is 14.3. The van der Waals surface area contributed by atoms with E-state index in [1.165, 1.54) is 6.92 Å². The molecule has 0 aromatic rings. The van der Waals surface area contributed by atoms with E-state index in [1.807, 2.05) is 13.8 Å². The Labute approximate surface area is 108 Å². The summed E-state index contributed by atoms with van der Waals surface area (Å²) < 4.78 is 0. The third-order valence-corrected chi connectivity index (χ3v) is 2.59. The topological polar surface area (TPSA) is 113 Å². The van der Waals surface area contributed by atoms with Crippen molar-refractivity contribution < 1.29 is 19.8 Å². The number of amides is 1. The molecule has 6 nitrogen and oxygen atoms in total. The number of nitrogens with two attached hydrogens (primary N) is 1. The van der Waals surface area contributed by atoms with Crippen LogP contribution in [0.25, 0.3) is 0 Å². The van der Waals surface area contributed by atoms with Gasteiger partial charge in [0.25, 0.3) is 0 Å². The van der Waals surface area contributed by atoms with Crippen molar-refractivity contribution in [2.24, 2.45) is 17.6 Å². The van der Waals surface area contributed by atoms with Crippen LogP contribution >= 0.6 is 0 Å². The lowest BCUT2D eigenvalue weighted by Gasteiger charge is -2.23. The number of carbonyl (C=O) groups excluding carboxylic acids is 1. The number of rotatable bonds is 8. The van der Waals surface area contributed by atoms with E-state index in [-0.39, 0.29) is 24.9 Å². The molecule has 0 radical (unpaired) electrons. The van der Waals surface area contributed by atoms with Crippen LogP contribution in [0.15, 0.2) is 0 Å². The van der Waals surface area contributed by atoms with Gasteiger partial charge in [-0.2, -0.15) is 0 Å². The van der Waals surface area contributed by atoms with Crippen molar-refractivity contribution in [1.29, 1.82) is 0 Å². The highest BCUT2D eigenvalue weighted by Gasteiger charge is 2.26. The number of aliphatic carboxylic acids is 1. The average molecular weight is 260 g/mol. The second-order valence-electron chi connectivity index (χ2n) is 5.35. The maximum atomic E-state index is 11.8. The van der Waals surface area contributed by atoms with Crippen molar-refractivity contribution in [3.05, 3.63) is 0 Å². The summed E-state index contributed by atoms with van der Waals surface area (Å²) in [7, 11) is 0. The first-order valence-corrected chi connectivity index (χ1v) is 6.10. The number of hydrogen-bond donors (Lipinski definition) is 4. The minimum absolute atomic E-state index is 0.0905. The molecular formula is C12H24N2O4. The molecule has 0 aromatic heterocycles. The zero-order valence-corrected chi connectivity index (χ0v) is 11.3. The molecule has 0 spiro atoms. The standard InChI is InChI=1S/C12H24N2O4/c1-8(2)4-9(6-13)11(17)14-7-12(3,18)5-10(15)16/h8-9,18H,4-7,13H2,1-3H3,(H,14,17)(H,15,16). The molecule has 0 bridgehead atoms. The molecule has 1 amide bonds. The molecule has 6 heteroatoms. The zero-order valence-electron chi connectivity index (χ0n) is 11.3. The molecule has 0 rings (SSSR count). The van der Waals surface area contributed by atoms with Crippen LogP contribution in [0.2, 0.25) is 0 Å². The van der Waals surface area contributed by atoms with E-state index in [4.69, 9.17) is 10.8 Å². The van der Waals surface area contributed by atoms with Gasteiger partial charge in [0.1, 0.15) is 0 Å². The Hall–Kier alpha value is -1.14. The molecule has 0 saturated carbocycles. The summed E-state index contributed by atoms with van der Waals surface area (Å²) in [5.41, 5.74) is 4.08. The van der Waals surface area contributed by atoms with Crippen LogP contribution in [0.4, 0.5) is 0 Å². The summed E-state index contributed by atoms with van der Waals surface area (Å²) in [6.45, 7) is 5.52. The maximum absolute atomic E-state index is 11.8. The van der Waals surface area contributed by atoms with Gasteiger partial charge in [0.2, 0.25) is 5.91 Å². The van der Waals surface area contributed by atoms with Gasteiger partial charge in [0.05, 0.1) is 17.9 Å². The number of carboxylic acid groups (broad SMARTS) is 1. The van der Waals surface area contributed by atoms with Crippen LogP contribution in [0.5, 0.6) is 0 Å². The number of carboxylic acids is 1. The summed E-state index contributed by atoms with van der Waals surface area (Å²) in [6, 6.07) is 0. The van der Waals surface area contributed by atoms with Crippen molar-refractivity contribution in [2.75, 3.05) is 13.1 Å². The Morgan fingerprint density at radius 1 is 1.39 bits per heavy atom. The molecule has 106 valence electrons. The van der Waals surface area contributed by atoms with Gasteiger partial charge in [-0.15, -0.1) is 0 Å². The summed E-state index contributed by atoms with van der Waals surface area (Å²) >= 11 is 0. The monoisotopic (exact) mass is 260 g/mol. The Bertz CT molecular complexity index is 290. The summed E-state index contributed by atoms with van der Waals surface area (Å²) in [6.07, 6.45) is 0.258. The van der Waals surface area contributed by atoms with E-state index < -0.39 is 18.0 Å². The SMILES string of the molecule is CC(C)CC(CN)C(=O)NCC(C)(O)CC(=O)O. The van der Waals surface area contributed by atoms with Crippen molar-refractivity contribution in [3.63, 3.8) is 0 Å². The quantitative estimate of drug-likeness (QED) is 0.489. The van der Waals surface area contributed by atoms with Gasteiger partial charge in [-0.05, 0) is 19.3 Å². The minimum atomic E-state index is -1.45. The van der Waals surface area contributed by atoms with E-state index in [1.54, 1.807) is 0 Å². The van der Waals surface area contributed by atoms with Crippen LogP contribution in [0.1, 0.15) is 33.6 Å². The lowest BCUT2D eigenvalue weighted by atomic mass is 9.95. The van der Waals surface area contributed by atoms with Gasteiger partial charge in [-0.25, -0.2) is 0 Å². The normalized spacial score (nSPS) is 16.1. The second-order valence-corrected chi connectivity index (χ2v) is 5.35. The maximum Gasteiger partial charge on any atom is 0.306 e. The van der Waals surface area contributed by atoms with E-state index >= 15 is 0 Å². The molecule has 0 aliphatic rings. The van der Waals surface area contributed by atoms with Crippen LogP contribution in [0, 0.1) is 11.8 Å². The Morgan fingerprint density at radius 3 is 2.33 bits per heavy atom. The highest BCUT2D eigenvalue weighted by Crippen LogP contribution is 2.12. The van der Waals surface area contributed by atoms with E-state index in [0.717, 1.165) is 0 Å². The number of hydrogen-bond acceptors (Lipinski definition) is 4. The summed E-state index contributed by atoms with van der Waals surface area (Å²) in [5.74, 6) is -1.29. The summed E-state index contributed by atoms with van der Waals surface area (Å²) in [5, 5.41) is 20.9. The Balaban J connectivity index is 4.26. The Kier molecular flexibility index (Phi) is 6.86. The van der Waals surface area contributed by atoms with E-state index in [9.17, 15) is 14.7 Å². The highest BCUT2D eigenvalue weighted by molar-refractivity contribution is 5.79. The molecule has 0 saturated heterocycles. The van der Waals surface area contributed by atoms with Crippen molar-refractivity contribution in [2.45, 2.75) is 39.2 Å². The van der Waals surface area contributed by atoms with Crippen LogP contribution in [-0.4, -0.2) is 40.8 Å². The van der Waals surface area contributed by atoms with Crippen molar-refractivity contribution in [3.8, 4) is 0 Å². The first-order valence-electron chi connectivity index (χ1n) is 6.10. The molecule has 2 atom stereocenters. The lowest BCUT2D eigenvalue weighted by Crippen LogP contribution is -2.45.